The summed E-state index contributed by atoms with van der Waals surface area (Å²) in [5.74, 6) is -1.59. The largest absolute Gasteiger partial charge is 0.451 e. The van der Waals surface area contributed by atoms with Gasteiger partial charge in [0.25, 0.3) is 17.7 Å². The van der Waals surface area contributed by atoms with Crippen LogP contribution in [0.3, 0.4) is 0 Å². The Morgan fingerprint density at radius 3 is 2.50 bits per heavy atom. The molecule has 128 valence electrons. The fraction of sp³-hybridized carbons (Fsp3) is 0.0526. The molecule has 0 atom stereocenters. The first kappa shape index (κ1) is 15.8. The Bertz CT molecular complexity index is 1160. The van der Waals surface area contributed by atoms with Gasteiger partial charge in [-0.05, 0) is 30.3 Å². The van der Waals surface area contributed by atoms with Gasteiger partial charge < -0.3 is 9.73 Å². The number of carbonyl (C=O) groups is 3. The number of imide groups is 1. The normalized spacial score (nSPS) is 13.2. The number of benzene rings is 2. The van der Waals surface area contributed by atoms with Gasteiger partial charge in [-0.2, -0.15) is 0 Å². The van der Waals surface area contributed by atoms with Crippen LogP contribution >= 0.6 is 0 Å². The first-order valence-corrected chi connectivity index (χ1v) is 7.76. The van der Waals surface area contributed by atoms with E-state index in [2.05, 4.69) is 5.32 Å². The van der Waals surface area contributed by atoms with E-state index in [1.54, 1.807) is 24.3 Å². The molecule has 4 rings (SSSR count). The van der Waals surface area contributed by atoms with Crippen molar-refractivity contribution in [3.63, 3.8) is 0 Å². The minimum absolute atomic E-state index is 0.145. The van der Waals surface area contributed by atoms with E-state index in [4.69, 9.17) is 4.42 Å². The minimum atomic E-state index is -0.627. The first-order chi connectivity index (χ1) is 12.5. The average Bonchev–Trinajstić information content (AvgIpc) is 2.86. The fourth-order valence-electron chi connectivity index (χ4n) is 2.85. The molecule has 2 heterocycles. The molecule has 0 saturated carbocycles. The number of carbonyl (C=O) groups excluding carboxylic acids is 3. The minimum Gasteiger partial charge on any atom is -0.451 e. The zero-order chi connectivity index (χ0) is 18.4. The molecule has 1 aromatic heterocycles. The SMILES string of the molecule is CN1C(=O)c2ccc(NC(=O)c3cc(=O)c4ccccc4o3)cc2C1=O. The Labute approximate surface area is 146 Å². The lowest BCUT2D eigenvalue weighted by Crippen LogP contribution is -2.24. The number of anilines is 1. The third-order valence-corrected chi connectivity index (χ3v) is 4.21. The summed E-state index contributed by atoms with van der Waals surface area (Å²) in [4.78, 5) is 49.5. The van der Waals surface area contributed by atoms with E-state index in [1.165, 1.54) is 25.2 Å². The van der Waals surface area contributed by atoms with Crippen molar-refractivity contribution >= 4 is 34.4 Å². The van der Waals surface area contributed by atoms with Crippen molar-refractivity contribution in [3.8, 4) is 0 Å². The molecule has 3 aromatic rings. The molecule has 0 spiro atoms. The molecule has 7 nitrogen and oxygen atoms in total. The van der Waals surface area contributed by atoms with Gasteiger partial charge in [0.05, 0.1) is 16.5 Å². The molecule has 0 radical (unpaired) electrons. The Balaban J connectivity index is 1.67. The second kappa shape index (κ2) is 5.66. The molecule has 1 aliphatic heterocycles. The predicted molar refractivity (Wildman–Crippen MR) is 93.3 cm³/mol. The molecule has 0 saturated heterocycles. The molecule has 0 unspecified atom stereocenters. The molecule has 2 aromatic carbocycles. The Morgan fingerprint density at radius 2 is 1.69 bits per heavy atom. The maximum Gasteiger partial charge on any atom is 0.291 e. The van der Waals surface area contributed by atoms with Crippen LogP contribution in [0.2, 0.25) is 0 Å². The highest BCUT2D eigenvalue weighted by atomic mass is 16.3. The molecule has 0 fully saturated rings. The van der Waals surface area contributed by atoms with Gasteiger partial charge in [0, 0.05) is 18.8 Å². The number of rotatable bonds is 2. The molecule has 3 amide bonds. The van der Waals surface area contributed by atoms with Crippen molar-refractivity contribution in [1.29, 1.82) is 0 Å². The summed E-state index contributed by atoms with van der Waals surface area (Å²) in [5.41, 5.74) is 0.805. The van der Waals surface area contributed by atoms with Gasteiger partial charge in [0.15, 0.2) is 11.2 Å². The summed E-state index contributed by atoms with van der Waals surface area (Å²) in [6.07, 6.45) is 0. The lowest BCUT2D eigenvalue weighted by molar-refractivity contribution is 0.0692. The monoisotopic (exact) mass is 348 g/mol. The summed E-state index contributed by atoms with van der Waals surface area (Å²) >= 11 is 0. The van der Waals surface area contributed by atoms with E-state index in [0.29, 0.717) is 16.7 Å². The van der Waals surface area contributed by atoms with Crippen molar-refractivity contribution in [3.05, 3.63) is 75.6 Å². The van der Waals surface area contributed by atoms with Gasteiger partial charge in [0.2, 0.25) is 0 Å². The maximum absolute atomic E-state index is 12.4. The molecule has 7 heteroatoms. The quantitative estimate of drug-likeness (QED) is 0.717. The number of hydrogen-bond acceptors (Lipinski definition) is 5. The zero-order valence-electron chi connectivity index (χ0n) is 13.6. The van der Waals surface area contributed by atoms with Crippen molar-refractivity contribution < 1.29 is 18.8 Å². The van der Waals surface area contributed by atoms with E-state index in [-0.39, 0.29) is 28.2 Å². The topological polar surface area (TPSA) is 96.7 Å². The van der Waals surface area contributed by atoms with Gasteiger partial charge in [-0.1, -0.05) is 12.1 Å². The van der Waals surface area contributed by atoms with Gasteiger partial charge in [-0.25, -0.2) is 0 Å². The maximum atomic E-state index is 12.4. The van der Waals surface area contributed by atoms with Crippen LogP contribution in [-0.4, -0.2) is 29.7 Å². The number of amides is 3. The molecular weight excluding hydrogens is 336 g/mol. The van der Waals surface area contributed by atoms with Crippen LogP contribution in [-0.2, 0) is 0 Å². The molecule has 26 heavy (non-hydrogen) atoms. The Hall–Kier alpha value is -3.74. The van der Waals surface area contributed by atoms with Crippen molar-refractivity contribution in [2.75, 3.05) is 12.4 Å². The van der Waals surface area contributed by atoms with Crippen LogP contribution in [0.15, 0.2) is 57.7 Å². The number of nitrogens with one attached hydrogen (secondary N) is 1. The Kier molecular flexibility index (Phi) is 3.43. The molecule has 1 N–H and O–H groups in total. The van der Waals surface area contributed by atoms with E-state index in [9.17, 15) is 19.2 Å². The number of fused-ring (bicyclic) bond motifs is 2. The van der Waals surface area contributed by atoms with Crippen LogP contribution < -0.4 is 10.7 Å². The van der Waals surface area contributed by atoms with E-state index in [1.807, 2.05) is 0 Å². The highest BCUT2D eigenvalue weighted by molar-refractivity contribution is 6.21. The number of para-hydroxylation sites is 1. The van der Waals surface area contributed by atoms with Crippen LogP contribution in [0, 0.1) is 0 Å². The average molecular weight is 348 g/mol. The van der Waals surface area contributed by atoms with E-state index in [0.717, 1.165) is 11.0 Å². The number of nitrogens with zero attached hydrogens (tertiary/aromatic N) is 1. The smallest absolute Gasteiger partial charge is 0.291 e. The third-order valence-electron chi connectivity index (χ3n) is 4.21. The van der Waals surface area contributed by atoms with Gasteiger partial charge >= 0.3 is 0 Å². The fourth-order valence-corrected chi connectivity index (χ4v) is 2.85. The molecular formula is C19H12N2O5. The predicted octanol–water partition coefficient (Wildman–Crippen LogP) is 2.27. The second-order valence-electron chi connectivity index (χ2n) is 5.85. The van der Waals surface area contributed by atoms with Crippen LogP contribution in [0.25, 0.3) is 11.0 Å². The summed E-state index contributed by atoms with van der Waals surface area (Å²) < 4.78 is 5.48. The summed E-state index contributed by atoms with van der Waals surface area (Å²) in [7, 11) is 1.40. The lowest BCUT2D eigenvalue weighted by Gasteiger charge is -2.06. The second-order valence-corrected chi connectivity index (χ2v) is 5.85. The molecule has 1 aliphatic rings. The van der Waals surface area contributed by atoms with Gasteiger partial charge in [-0.15, -0.1) is 0 Å². The lowest BCUT2D eigenvalue weighted by atomic mass is 10.1. The van der Waals surface area contributed by atoms with Crippen LogP contribution in [0.5, 0.6) is 0 Å². The van der Waals surface area contributed by atoms with Gasteiger partial charge in [-0.3, -0.25) is 24.1 Å². The van der Waals surface area contributed by atoms with E-state index >= 15 is 0 Å². The van der Waals surface area contributed by atoms with Crippen LogP contribution in [0.4, 0.5) is 5.69 Å². The Morgan fingerprint density at radius 1 is 0.962 bits per heavy atom. The third kappa shape index (κ3) is 2.37. The standard InChI is InChI=1S/C19H12N2O5/c1-21-18(24)11-7-6-10(8-13(11)19(21)25)20-17(23)16-9-14(22)12-4-2-3-5-15(12)26-16/h2-9H,1H3,(H,20,23). The van der Waals surface area contributed by atoms with E-state index < -0.39 is 11.8 Å². The van der Waals surface area contributed by atoms with Gasteiger partial charge in [0.1, 0.15) is 5.58 Å². The summed E-state index contributed by atoms with van der Waals surface area (Å²) in [6, 6.07) is 12.2. The highest BCUT2D eigenvalue weighted by Gasteiger charge is 2.32. The molecule has 0 bridgehead atoms. The zero-order valence-corrected chi connectivity index (χ0v) is 13.6. The molecule has 0 aliphatic carbocycles. The van der Waals surface area contributed by atoms with Crippen LogP contribution in [0.1, 0.15) is 31.3 Å². The first-order valence-electron chi connectivity index (χ1n) is 7.76. The van der Waals surface area contributed by atoms with Crippen molar-refractivity contribution in [2.45, 2.75) is 0 Å². The van der Waals surface area contributed by atoms with Crippen molar-refractivity contribution in [2.24, 2.45) is 0 Å². The number of hydrogen-bond donors (Lipinski definition) is 1. The highest BCUT2D eigenvalue weighted by Crippen LogP contribution is 2.25. The summed E-state index contributed by atoms with van der Waals surface area (Å²) in [5, 5.41) is 2.96. The summed E-state index contributed by atoms with van der Waals surface area (Å²) in [6.45, 7) is 0. The van der Waals surface area contributed by atoms with Crippen molar-refractivity contribution in [1.82, 2.24) is 4.90 Å².